The van der Waals surface area contributed by atoms with Gasteiger partial charge in [-0.05, 0) is 77.3 Å². The normalized spacial score (nSPS) is 18.6. The van der Waals surface area contributed by atoms with Crippen LogP contribution in [0.5, 0.6) is 0 Å². The summed E-state index contributed by atoms with van der Waals surface area (Å²) >= 11 is 0. The third kappa shape index (κ3) is 4.32. The van der Waals surface area contributed by atoms with E-state index in [2.05, 4.69) is 48.3 Å². The fourth-order valence-corrected chi connectivity index (χ4v) is 4.93. The molecule has 4 rings (SSSR count). The molecule has 0 unspecified atom stereocenters. The van der Waals surface area contributed by atoms with E-state index in [1.807, 2.05) is 18.3 Å². The average Bonchev–Trinajstić information content (AvgIpc) is 3.02. The molecule has 0 atom stereocenters. The summed E-state index contributed by atoms with van der Waals surface area (Å²) in [6.45, 7) is 9.30. The van der Waals surface area contributed by atoms with Crippen molar-refractivity contribution in [3.63, 3.8) is 0 Å². The van der Waals surface area contributed by atoms with Crippen LogP contribution in [0.25, 0.3) is 22.2 Å². The maximum atomic E-state index is 14.5. The van der Waals surface area contributed by atoms with E-state index in [0.29, 0.717) is 24.5 Å². The van der Waals surface area contributed by atoms with Gasteiger partial charge in [0.25, 0.3) is 0 Å². The molecule has 0 aliphatic carbocycles. The number of aromatic amines is 1. The molecule has 0 radical (unpaired) electrons. The summed E-state index contributed by atoms with van der Waals surface area (Å²) in [7, 11) is 0. The van der Waals surface area contributed by atoms with Gasteiger partial charge in [0.05, 0.1) is 5.69 Å². The van der Waals surface area contributed by atoms with E-state index < -0.39 is 0 Å². The van der Waals surface area contributed by atoms with Gasteiger partial charge in [-0.2, -0.15) is 0 Å². The zero-order chi connectivity index (χ0) is 21.5. The van der Waals surface area contributed by atoms with Crippen molar-refractivity contribution in [2.24, 2.45) is 5.73 Å². The van der Waals surface area contributed by atoms with Gasteiger partial charge in [-0.15, -0.1) is 0 Å². The van der Waals surface area contributed by atoms with Gasteiger partial charge >= 0.3 is 0 Å². The first-order valence-electron chi connectivity index (χ1n) is 10.5. The van der Waals surface area contributed by atoms with E-state index in [1.165, 1.54) is 0 Å². The van der Waals surface area contributed by atoms with Crippen molar-refractivity contribution in [1.82, 2.24) is 20.3 Å². The van der Waals surface area contributed by atoms with Crippen LogP contribution in [0.1, 0.15) is 46.1 Å². The van der Waals surface area contributed by atoms with Crippen molar-refractivity contribution in [3.8, 4) is 11.3 Å². The van der Waals surface area contributed by atoms with Gasteiger partial charge < -0.3 is 21.4 Å². The highest BCUT2D eigenvalue weighted by Crippen LogP contribution is 2.32. The molecule has 6 nitrogen and oxygen atoms in total. The maximum Gasteiger partial charge on any atom is 0.223 e. The Balaban J connectivity index is 1.62. The highest BCUT2D eigenvalue weighted by molar-refractivity contribution is 5.95. The molecule has 7 heteroatoms. The quantitative estimate of drug-likeness (QED) is 0.511. The first-order chi connectivity index (χ1) is 14.2. The monoisotopic (exact) mass is 410 g/mol. The molecule has 3 aromatic rings. The second-order valence-corrected chi connectivity index (χ2v) is 9.64. The zero-order valence-corrected chi connectivity index (χ0v) is 18.1. The number of halogens is 1. The fraction of sp³-hybridized carbons (Fsp3) is 0.478. The van der Waals surface area contributed by atoms with Gasteiger partial charge in [-0.25, -0.2) is 14.4 Å². The number of hydrogen-bond donors (Lipinski definition) is 4. The molecule has 1 aliphatic heterocycles. The molecule has 1 aromatic carbocycles. The lowest BCUT2D eigenvalue weighted by atomic mass is 9.80. The predicted molar refractivity (Wildman–Crippen MR) is 120 cm³/mol. The van der Waals surface area contributed by atoms with Gasteiger partial charge in [0.1, 0.15) is 5.82 Å². The van der Waals surface area contributed by atoms with E-state index in [9.17, 15) is 4.39 Å². The second-order valence-electron chi connectivity index (χ2n) is 9.64. The number of nitrogens with one attached hydrogen (secondary N) is 3. The Morgan fingerprint density at radius 2 is 1.93 bits per heavy atom. The van der Waals surface area contributed by atoms with Crippen molar-refractivity contribution < 1.29 is 4.39 Å². The Bertz CT molecular complexity index is 1040. The Kier molecular flexibility index (Phi) is 5.28. The minimum atomic E-state index is -0.236. The van der Waals surface area contributed by atoms with E-state index in [1.54, 1.807) is 12.3 Å². The van der Waals surface area contributed by atoms with Crippen molar-refractivity contribution in [1.29, 1.82) is 0 Å². The van der Waals surface area contributed by atoms with Crippen LogP contribution in [-0.2, 0) is 6.42 Å². The lowest BCUT2D eigenvalue weighted by Gasteiger charge is -2.46. The lowest BCUT2D eigenvalue weighted by Crippen LogP contribution is -2.60. The fourth-order valence-electron chi connectivity index (χ4n) is 4.93. The number of rotatable bonds is 5. The summed E-state index contributed by atoms with van der Waals surface area (Å²) in [5.41, 5.74) is 8.79. The maximum absolute atomic E-state index is 14.5. The molecule has 0 amide bonds. The van der Waals surface area contributed by atoms with E-state index >= 15 is 0 Å². The SMILES string of the molecule is CC1(C)CC(Nc2nccc(-c3c[nH]c4cc(CCN)c(F)cc34)n2)CC(C)(C)N1. The number of anilines is 1. The number of piperidine rings is 1. The van der Waals surface area contributed by atoms with Gasteiger partial charge in [0.2, 0.25) is 5.95 Å². The first-order valence-corrected chi connectivity index (χ1v) is 10.5. The lowest BCUT2D eigenvalue weighted by molar-refractivity contribution is 0.170. The summed E-state index contributed by atoms with van der Waals surface area (Å²) < 4.78 is 14.5. The van der Waals surface area contributed by atoms with E-state index in [4.69, 9.17) is 10.7 Å². The number of H-pyrrole nitrogens is 1. The Hall–Kier alpha value is -2.51. The Morgan fingerprint density at radius 1 is 1.20 bits per heavy atom. The van der Waals surface area contributed by atoms with Gasteiger partial charge in [-0.3, -0.25) is 0 Å². The minimum Gasteiger partial charge on any atom is -0.360 e. The van der Waals surface area contributed by atoms with Gasteiger partial charge in [0, 0.05) is 46.0 Å². The smallest absolute Gasteiger partial charge is 0.223 e. The van der Waals surface area contributed by atoms with Crippen LogP contribution >= 0.6 is 0 Å². The molecule has 0 bridgehead atoms. The molecule has 3 heterocycles. The van der Waals surface area contributed by atoms with E-state index in [-0.39, 0.29) is 22.9 Å². The summed E-state index contributed by atoms with van der Waals surface area (Å²) in [5, 5.41) is 8.02. The van der Waals surface area contributed by atoms with Crippen LogP contribution in [0.2, 0.25) is 0 Å². The number of fused-ring (bicyclic) bond motifs is 1. The third-order valence-electron chi connectivity index (χ3n) is 5.72. The summed E-state index contributed by atoms with van der Waals surface area (Å²) in [6.07, 6.45) is 6.10. The summed E-state index contributed by atoms with van der Waals surface area (Å²) in [5.74, 6) is 0.362. The highest BCUT2D eigenvalue weighted by atomic mass is 19.1. The molecule has 30 heavy (non-hydrogen) atoms. The van der Waals surface area contributed by atoms with Crippen molar-refractivity contribution in [3.05, 3.63) is 42.0 Å². The van der Waals surface area contributed by atoms with Crippen LogP contribution in [0.4, 0.5) is 10.3 Å². The van der Waals surface area contributed by atoms with Crippen LogP contribution in [0.3, 0.4) is 0 Å². The van der Waals surface area contributed by atoms with Gasteiger partial charge in [-0.1, -0.05) is 0 Å². The van der Waals surface area contributed by atoms with Crippen LogP contribution in [0, 0.1) is 5.82 Å². The molecular formula is C23H31FN6. The second kappa shape index (κ2) is 7.63. The van der Waals surface area contributed by atoms with Crippen molar-refractivity contribution >= 4 is 16.9 Å². The predicted octanol–water partition coefficient (Wildman–Crippen LogP) is 3.99. The highest BCUT2D eigenvalue weighted by Gasteiger charge is 2.37. The van der Waals surface area contributed by atoms with E-state index in [0.717, 1.165) is 35.0 Å². The molecule has 2 aromatic heterocycles. The number of nitrogens with zero attached hydrogens (tertiary/aromatic N) is 2. The molecule has 0 saturated carbocycles. The van der Waals surface area contributed by atoms with Crippen LogP contribution < -0.4 is 16.4 Å². The number of nitrogens with two attached hydrogens (primary N) is 1. The molecule has 1 fully saturated rings. The van der Waals surface area contributed by atoms with Crippen LogP contribution in [-0.4, -0.2) is 38.6 Å². The molecule has 160 valence electrons. The number of hydrogen-bond acceptors (Lipinski definition) is 5. The largest absolute Gasteiger partial charge is 0.360 e. The van der Waals surface area contributed by atoms with Crippen molar-refractivity contribution in [2.45, 2.75) is 64.1 Å². The number of aromatic nitrogens is 3. The van der Waals surface area contributed by atoms with Crippen molar-refractivity contribution in [2.75, 3.05) is 11.9 Å². The molecule has 1 saturated heterocycles. The third-order valence-corrected chi connectivity index (χ3v) is 5.72. The summed E-state index contributed by atoms with van der Waals surface area (Å²) in [4.78, 5) is 12.4. The molecule has 0 spiro atoms. The first kappa shape index (κ1) is 20.8. The molecular weight excluding hydrogens is 379 g/mol. The van der Waals surface area contributed by atoms with Gasteiger partial charge in [0.15, 0.2) is 0 Å². The minimum absolute atomic E-state index is 0.0344. The average molecular weight is 411 g/mol. The number of benzene rings is 1. The Labute approximate surface area is 176 Å². The molecule has 5 N–H and O–H groups in total. The van der Waals surface area contributed by atoms with Crippen LogP contribution in [0.15, 0.2) is 30.6 Å². The summed E-state index contributed by atoms with van der Waals surface area (Å²) in [6, 6.07) is 5.53. The zero-order valence-electron chi connectivity index (χ0n) is 18.1. The Morgan fingerprint density at radius 3 is 2.63 bits per heavy atom. The molecule has 1 aliphatic rings. The standard InChI is InChI=1S/C23H31FN6/c1-22(2)11-15(12-23(3,4)30-22)28-21-26-8-6-19(29-21)17-13-27-20-9-14(5-7-25)18(24)10-16(17)20/h6,8-10,13,15,27,30H,5,7,11-12,25H2,1-4H3,(H,26,28,29). The topological polar surface area (TPSA) is 91.7 Å².